The number of imidazole rings is 2. The molecule has 0 N–H and O–H groups in total. The molecule has 4 aromatic heterocycles. The molecule has 28 heavy (non-hydrogen) atoms. The van der Waals surface area contributed by atoms with E-state index < -0.39 is 0 Å². The number of hydrogen-bond donors (Lipinski definition) is 0. The summed E-state index contributed by atoms with van der Waals surface area (Å²) in [6.07, 6.45) is 12.9. The van der Waals surface area contributed by atoms with Crippen LogP contribution in [0.3, 0.4) is 0 Å². The molecule has 0 spiro atoms. The second-order valence-electron chi connectivity index (χ2n) is 6.68. The minimum atomic E-state index is 0.704. The molecular formula is C22H18N6. The van der Waals surface area contributed by atoms with E-state index in [0.717, 1.165) is 34.5 Å². The molecule has 0 fully saturated rings. The fourth-order valence-electron chi connectivity index (χ4n) is 3.41. The van der Waals surface area contributed by atoms with Gasteiger partial charge in [-0.1, -0.05) is 12.1 Å². The molecule has 1 aromatic carbocycles. The van der Waals surface area contributed by atoms with Crippen LogP contribution in [0.15, 0.2) is 86.0 Å². The molecule has 0 unspecified atom stereocenters. The lowest BCUT2D eigenvalue weighted by Gasteiger charge is -2.09. The van der Waals surface area contributed by atoms with Crippen molar-refractivity contribution in [3.8, 4) is 11.4 Å². The van der Waals surface area contributed by atoms with Crippen molar-refractivity contribution in [1.82, 2.24) is 29.1 Å². The van der Waals surface area contributed by atoms with Gasteiger partial charge in [0.05, 0.1) is 23.9 Å². The van der Waals surface area contributed by atoms with Crippen LogP contribution >= 0.6 is 0 Å². The minimum Gasteiger partial charge on any atom is -0.333 e. The zero-order valence-electron chi connectivity index (χ0n) is 15.2. The lowest BCUT2D eigenvalue weighted by Crippen LogP contribution is -2.03. The maximum Gasteiger partial charge on any atom is 0.143 e. The van der Waals surface area contributed by atoms with Gasteiger partial charge in [0.1, 0.15) is 5.82 Å². The van der Waals surface area contributed by atoms with E-state index in [1.807, 2.05) is 43.1 Å². The van der Waals surface area contributed by atoms with Gasteiger partial charge in [-0.25, -0.2) is 9.97 Å². The van der Waals surface area contributed by atoms with Crippen molar-refractivity contribution in [3.05, 3.63) is 97.1 Å². The SMILES string of the molecule is c1cncc(Cn2c(-c3cccnc3)nc3cc(Cn4ccnc4)ccc32)c1. The zero-order valence-corrected chi connectivity index (χ0v) is 15.2. The summed E-state index contributed by atoms with van der Waals surface area (Å²) in [7, 11) is 0. The van der Waals surface area contributed by atoms with Crippen molar-refractivity contribution >= 4 is 11.0 Å². The van der Waals surface area contributed by atoms with E-state index in [2.05, 4.69) is 48.4 Å². The molecule has 0 amide bonds. The Kier molecular flexibility index (Phi) is 4.14. The van der Waals surface area contributed by atoms with E-state index >= 15 is 0 Å². The topological polar surface area (TPSA) is 61.4 Å². The van der Waals surface area contributed by atoms with Crippen molar-refractivity contribution < 1.29 is 0 Å². The fourth-order valence-corrected chi connectivity index (χ4v) is 3.41. The average Bonchev–Trinajstić information content (AvgIpc) is 3.37. The quantitative estimate of drug-likeness (QED) is 0.475. The van der Waals surface area contributed by atoms with Gasteiger partial charge < -0.3 is 9.13 Å². The summed E-state index contributed by atoms with van der Waals surface area (Å²) in [6, 6.07) is 14.5. The number of aromatic nitrogens is 6. The number of pyridine rings is 2. The molecule has 0 saturated carbocycles. The van der Waals surface area contributed by atoms with E-state index in [1.54, 1.807) is 18.6 Å². The molecular weight excluding hydrogens is 348 g/mol. The van der Waals surface area contributed by atoms with Gasteiger partial charge in [-0.15, -0.1) is 0 Å². The molecule has 4 heterocycles. The second-order valence-corrected chi connectivity index (χ2v) is 6.68. The van der Waals surface area contributed by atoms with Crippen LogP contribution in [0.25, 0.3) is 22.4 Å². The second kappa shape index (κ2) is 7.08. The molecule has 5 aromatic rings. The Morgan fingerprint density at radius 1 is 0.786 bits per heavy atom. The summed E-state index contributed by atoms with van der Waals surface area (Å²) in [6.45, 7) is 1.48. The summed E-state index contributed by atoms with van der Waals surface area (Å²) >= 11 is 0. The van der Waals surface area contributed by atoms with Gasteiger partial charge in [-0.2, -0.15) is 0 Å². The van der Waals surface area contributed by atoms with Gasteiger partial charge in [-0.3, -0.25) is 9.97 Å². The first-order valence-corrected chi connectivity index (χ1v) is 9.11. The first-order chi connectivity index (χ1) is 13.9. The molecule has 6 nitrogen and oxygen atoms in total. The molecule has 0 saturated heterocycles. The molecule has 136 valence electrons. The normalized spacial score (nSPS) is 11.1. The van der Waals surface area contributed by atoms with Gasteiger partial charge in [0.2, 0.25) is 0 Å². The number of rotatable bonds is 5. The maximum atomic E-state index is 4.95. The van der Waals surface area contributed by atoms with Crippen molar-refractivity contribution in [2.45, 2.75) is 13.1 Å². The molecule has 0 aliphatic heterocycles. The summed E-state index contributed by atoms with van der Waals surface area (Å²) in [5.41, 5.74) is 5.39. The summed E-state index contributed by atoms with van der Waals surface area (Å²) in [4.78, 5) is 17.6. The van der Waals surface area contributed by atoms with Gasteiger partial charge in [0.15, 0.2) is 0 Å². The Morgan fingerprint density at radius 3 is 2.43 bits per heavy atom. The van der Waals surface area contributed by atoms with Crippen molar-refractivity contribution in [2.24, 2.45) is 0 Å². The van der Waals surface area contributed by atoms with Crippen LogP contribution in [0.4, 0.5) is 0 Å². The van der Waals surface area contributed by atoms with E-state index in [4.69, 9.17) is 4.98 Å². The third-order valence-electron chi connectivity index (χ3n) is 4.72. The van der Waals surface area contributed by atoms with Crippen LogP contribution in [-0.2, 0) is 13.1 Å². The summed E-state index contributed by atoms with van der Waals surface area (Å²) < 4.78 is 4.28. The standard InChI is InChI=1S/C22H18N6/c1-3-18(12-23-7-1)15-28-21-6-5-17(14-27-10-9-25-16-27)11-20(21)26-22(28)19-4-2-8-24-13-19/h1-13,16H,14-15H2. The molecule has 0 atom stereocenters. The highest BCUT2D eigenvalue weighted by Crippen LogP contribution is 2.26. The van der Waals surface area contributed by atoms with E-state index in [9.17, 15) is 0 Å². The van der Waals surface area contributed by atoms with E-state index in [0.29, 0.717) is 6.54 Å². The first kappa shape index (κ1) is 16.4. The highest BCUT2D eigenvalue weighted by atomic mass is 15.1. The highest BCUT2D eigenvalue weighted by Gasteiger charge is 2.14. The Hall–Kier alpha value is -3.80. The molecule has 0 radical (unpaired) electrons. The lowest BCUT2D eigenvalue weighted by atomic mass is 10.2. The van der Waals surface area contributed by atoms with Crippen molar-refractivity contribution in [3.63, 3.8) is 0 Å². The largest absolute Gasteiger partial charge is 0.333 e. The van der Waals surface area contributed by atoms with Crippen LogP contribution < -0.4 is 0 Å². The molecule has 0 aliphatic rings. The lowest BCUT2D eigenvalue weighted by molar-refractivity contribution is 0.797. The van der Waals surface area contributed by atoms with Crippen LogP contribution in [-0.4, -0.2) is 29.1 Å². The van der Waals surface area contributed by atoms with Gasteiger partial charge in [0.25, 0.3) is 0 Å². The third-order valence-corrected chi connectivity index (χ3v) is 4.72. The summed E-state index contributed by atoms with van der Waals surface area (Å²) in [5, 5.41) is 0. The Bertz CT molecular complexity index is 1190. The Labute approximate surface area is 162 Å². The Morgan fingerprint density at radius 2 is 1.68 bits per heavy atom. The van der Waals surface area contributed by atoms with Crippen molar-refractivity contribution in [1.29, 1.82) is 0 Å². The van der Waals surface area contributed by atoms with Crippen molar-refractivity contribution in [2.75, 3.05) is 0 Å². The minimum absolute atomic E-state index is 0.704. The highest BCUT2D eigenvalue weighted by molar-refractivity contribution is 5.81. The number of benzene rings is 1. The monoisotopic (exact) mass is 366 g/mol. The fraction of sp³-hybridized carbons (Fsp3) is 0.0909. The number of fused-ring (bicyclic) bond motifs is 1. The van der Waals surface area contributed by atoms with E-state index in [-0.39, 0.29) is 0 Å². The molecule has 0 bridgehead atoms. The van der Waals surface area contributed by atoms with Gasteiger partial charge >= 0.3 is 0 Å². The number of hydrogen-bond acceptors (Lipinski definition) is 4. The first-order valence-electron chi connectivity index (χ1n) is 9.11. The third kappa shape index (κ3) is 3.16. The number of nitrogens with zero attached hydrogens (tertiary/aromatic N) is 6. The molecule has 0 aliphatic carbocycles. The molecule has 6 heteroatoms. The van der Waals surface area contributed by atoms with Gasteiger partial charge in [-0.05, 0) is 41.5 Å². The predicted molar refractivity (Wildman–Crippen MR) is 108 cm³/mol. The van der Waals surface area contributed by atoms with Crippen LogP contribution in [0, 0.1) is 0 Å². The summed E-state index contributed by atoms with van der Waals surface area (Å²) in [5.74, 6) is 0.909. The van der Waals surface area contributed by atoms with E-state index in [1.165, 1.54) is 5.56 Å². The molecule has 5 rings (SSSR count). The van der Waals surface area contributed by atoms with Gasteiger partial charge in [0, 0.05) is 49.3 Å². The maximum absolute atomic E-state index is 4.95. The van der Waals surface area contributed by atoms with Crippen LogP contribution in [0.1, 0.15) is 11.1 Å². The smallest absolute Gasteiger partial charge is 0.143 e. The zero-order chi connectivity index (χ0) is 18.8. The average molecular weight is 366 g/mol. The predicted octanol–water partition coefficient (Wildman–Crippen LogP) is 3.79. The Balaban J connectivity index is 1.62. The van der Waals surface area contributed by atoms with Crippen LogP contribution in [0.2, 0.25) is 0 Å². The van der Waals surface area contributed by atoms with Crippen LogP contribution in [0.5, 0.6) is 0 Å².